The first-order valence-corrected chi connectivity index (χ1v) is 9.49. The molecule has 0 spiro atoms. The highest BCUT2D eigenvalue weighted by molar-refractivity contribution is 5.92. The van der Waals surface area contributed by atoms with E-state index in [1.807, 2.05) is 17.0 Å². The van der Waals surface area contributed by atoms with Crippen LogP contribution in [0.15, 0.2) is 30.5 Å². The predicted octanol–water partition coefficient (Wildman–Crippen LogP) is 2.71. The third kappa shape index (κ3) is 2.90. The monoisotopic (exact) mass is 405 g/mol. The Balaban J connectivity index is 1.29. The Morgan fingerprint density at radius 2 is 1.76 bits per heavy atom. The minimum absolute atomic E-state index is 0.0224. The molecule has 9 heteroatoms. The Morgan fingerprint density at radius 3 is 2.28 bits per heavy atom. The van der Waals surface area contributed by atoms with Crippen LogP contribution in [0, 0.1) is 17.8 Å². The van der Waals surface area contributed by atoms with Gasteiger partial charge in [-0.15, -0.1) is 0 Å². The zero-order chi connectivity index (χ0) is 20.5. The van der Waals surface area contributed by atoms with Crippen molar-refractivity contribution in [2.45, 2.75) is 32.2 Å². The Hall–Kier alpha value is -2.84. The van der Waals surface area contributed by atoms with Crippen LogP contribution >= 0.6 is 0 Å². The quantitative estimate of drug-likeness (QED) is 0.694. The van der Waals surface area contributed by atoms with Crippen LogP contribution in [0.3, 0.4) is 0 Å². The third-order valence-electron chi connectivity index (χ3n) is 5.95. The molecule has 0 radical (unpaired) electrons. The van der Waals surface area contributed by atoms with Crippen molar-refractivity contribution in [3.63, 3.8) is 0 Å². The van der Waals surface area contributed by atoms with E-state index < -0.39 is 23.4 Å². The van der Waals surface area contributed by atoms with Gasteiger partial charge in [-0.25, -0.2) is 4.79 Å². The number of ether oxygens (including phenoxy) is 1. The normalized spacial score (nSPS) is 26.5. The number of fused-ring (bicyclic) bond motifs is 1. The molecule has 4 atom stereocenters. The summed E-state index contributed by atoms with van der Waals surface area (Å²) in [5.74, 6) is 0.667. The molecule has 1 amide bonds. The molecule has 4 aliphatic rings. The van der Waals surface area contributed by atoms with Gasteiger partial charge in [0.25, 0.3) is 0 Å². The van der Waals surface area contributed by atoms with Gasteiger partial charge in [0.2, 0.25) is 5.91 Å². The van der Waals surface area contributed by atoms with E-state index >= 15 is 0 Å². The second-order valence-corrected chi connectivity index (χ2v) is 7.76. The molecular formula is C20H18F3N3O3. The van der Waals surface area contributed by atoms with Gasteiger partial charge < -0.3 is 9.64 Å². The molecule has 2 aliphatic heterocycles. The summed E-state index contributed by atoms with van der Waals surface area (Å²) in [6, 6.07) is 7.76. The van der Waals surface area contributed by atoms with E-state index in [-0.39, 0.29) is 25.0 Å². The van der Waals surface area contributed by atoms with Crippen molar-refractivity contribution in [3.05, 3.63) is 52.8 Å². The lowest BCUT2D eigenvalue weighted by Gasteiger charge is -2.16. The Labute approximate surface area is 164 Å². The first-order valence-electron chi connectivity index (χ1n) is 9.49. The van der Waals surface area contributed by atoms with E-state index in [2.05, 4.69) is 5.10 Å². The minimum Gasteiger partial charge on any atom is -0.462 e. The van der Waals surface area contributed by atoms with Gasteiger partial charge in [-0.05, 0) is 29.9 Å². The number of piperidine rings is 1. The van der Waals surface area contributed by atoms with Gasteiger partial charge in [0.15, 0.2) is 5.69 Å². The SMILES string of the molecule is CCOC(=O)c1cn(Cc2ccc(CN3C(=O)C4C5C3[C@H]45)cc2)nc1C(F)(F)F. The summed E-state index contributed by atoms with van der Waals surface area (Å²) in [6.07, 6.45) is -3.68. The van der Waals surface area contributed by atoms with Gasteiger partial charge in [-0.2, -0.15) is 18.3 Å². The molecule has 152 valence electrons. The number of hydrogen-bond donors (Lipinski definition) is 0. The number of aromatic nitrogens is 2. The van der Waals surface area contributed by atoms with E-state index in [0.29, 0.717) is 24.4 Å². The van der Waals surface area contributed by atoms with Gasteiger partial charge in [0.1, 0.15) is 5.56 Å². The molecule has 2 saturated carbocycles. The summed E-state index contributed by atoms with van der Waals surface area (Å²) in [5.41, 5.74) is -0.118. The smallest absolute Gasteiger partial charge is 0.436 e. The molecule has 2 saturated heterocycles. The second-order valence-electron chi connectivity index (χ2n) is 7.76. The van der Waals surface area contributed by atoms with Crippen molar-refractivity contribution in [2.24, 2.45) is 17.8 Å². The van der Waals surface area contributed by atoms with Gasteiger partial charge in [0, 0.05) is 24.7 Å². The number of esters is 1. The summed E-state index contributed by atoms with van der Waals surface area (Å²) in [6.45, 7) is 2.16. The highest BCUT2D eigenvalue weighted by atomic mass is 19.4. The molecule has 6 rings (SSSR count). The lowest BCUT2D eigenvalue weighted by Crippen LogP contribution is -2.25. The first-order chi connectivity index (χ1) is 13.8. The molecule has 3 heterocycles. The molecule has 4 fully saturated rings. The summed E-state index contributed by atoms with van der Waals surface area (Å²) in [7, 11) is 0. The molecule has 2 bridgehead atoms. The molecule has 0 N–H and O–H groups in total. The number of nitrogens with zero attached hydrogens (tertiary/aromatic N) is 3. The Kier molecular flexibility index (Phi) is 3.81. The number of rotatable bonds is 6. The van der Waals surface area contributed by atoms with Gasteiger partial charge in [-0.3, -0.25) is 9.48 Å². The van der Waals surface area contributed by atoms with Crippen LogP contribution in [0.1, 0.15) is 34.1 Å². The van der Waals surface area contributed by atoms with Crippen molar-refractivity contribution < 1.29 is 27.5 Å². The van der Waals surface area contributed by atoms with E-state index in [1.54, 1.807) is 12.1 Å². The van der Waals surface area contributed by atoms with E-state index in [0.717, 1.165) is 22.0 Å². The molecule has 1 aromatic carbocycles. The molecule has 6 nitrogen and oxygen atoms in total. The maximum absolute atomic E-state index is 13.2. The van der Waals surface area contributed by atoms with Crippen LogP contribution in [-0.2, 0) is 28.8 Å². The number of alkyl halides is 3. The highest BCUT2D eigenvalue weighted by Crippen LogP contribution is 2.76. The predicted molar refractivity (Wildman–Crippen MR) is 93.5 cm³/mol. The van der Waals surface area contributed by atoms with Crippen LogP contribution in [-0.4, -0.2) is 39.2 Å². The highest BCUT2D eigenvalue weighted by Gasteiger charge is 2.84. The maximum Gasteiger partial charge on any atom is 0.436 e. The standard InChI is InChI=1S/C20H18F3N3O3/c1-2-29-19(28)12-9-25(24-17(12)20(21,22)23)7-10-3-5-11(6-4-10)8-26-16-13-14(16)15(13)18(26)27/h3-6,9,13-16H,2,7-8H2,1H3/t13-,14?,15?,16?/m0/s1. The largest absolute Gasteiger partial charge is 0.462 e. The number of carbonyl (C=O) groups excluding carboxylic acids is 2. The minimum atomic E-state index is -4.75. The molecule has 1 aromatic heterocycles. The number of hydrogen-bond acceptors (Lipinski definition) is 4. The van der Waals surface area contributed by atoms with Crippen LogP contribution in [0.2, 0.25) is 0 Å². The van der Waals surface area contributed by atoms with Crippen molar-refractivity contribution in [2.75, 3.05) is 6.61 Å². The molecular weight excluding hydrogens is 387 g/mol. The van der Waals surface area contributed by atoms with Crippen molar-refractivity contribution in [1.82, 2.24) is 14.7 Å². The van der Waals surface area contributed by atoms with E-state index in [4.69, 9.17) is 4.74 Å². The summed E-state index contributed by atoms with van der Waals surface area (Å²) >= 11 is 0. The van der Waals surface area contributed by atoms with Gasteiger partial charge >= 0.3 is 12.1 Å². The van der Waals surface area contributed by atoms with Crippen LogP contribution < -0.4 is 0 Å². The summed E-state index contributed by atoms with van der Waals surface area (Å²) in [4.78, 5) is 25.9. The topological polar surface area (TPSA) is 64.4 Å². The van der Waals surface area contributed by atoms with Crippen LogP contribution in [0.25, 0.3) is 0 Å². The third-order valence-corrected chi connectivity index (χ3v) is 5.95. The fourth-order valence-electron chi connectivity index (χ4n) is 4.45. The molecule has 3 unspecified atom stereocenters. The van der Waals surface area contributed by atoms with Crippen LogP contribution in [0.4, 0.5) is 13.2 Å². The summed E-state index contributed by atoms with van der Waals surface area (Å²) < 4.78 is 45.4. The van der Waals surface area contributed by atoms with E-state index in [9.17, 15) is 22.8 Å². The Morgan fingerprint density at radius 1 is 1.14 bits per heavy atom. The summed E-state index contributed by atoms with van der Waals surface area (Å²) in [5, 5.41) is 3.55. The van der Waals surface area contributed by atoms with Crippen molar-refractivity contribution in [1.29, 1.82) is 0 Å². The number of carbonyl (C=O) groups is 2. The molecule has 2 aromatic rings. The lowest BCUT2D eigenvalue weighted by atomic mass is 10.1. The average molecular weight is 405 g/mol. The average Bonchev–Trinajstić information content (AvgIpc) is 3.43. The fourth-order valence-corrected chi connectivity index (χ4v) is 4.45. The zero-order valence-corrected chi connectivity index (χ0v) is 15.5. The number of amides is 1. The fraction of sp³-hybridized carbons (Fsp3) is 0.450. The number of halogens is 3. The lowest BCUT2D eigenvalue weighted by molar-refractivity contribution is -0.142. The van der Waals surface area contributed by atoms with Crippen molar-refractivity contribution >= 4 is 11.9 Å². The van der Waals surface area contributed by atoms with Gasteiger partial charge in [-0.1, -0.05) is 24.3 Å². The van der Waals surface area contributed by atoms with Crippen LogP contribution in [0.5, 0.6) is 0 Å². The molecule has 2 aliphatic carbocycles. The first kappa shape index (κ1) is 18.2. The zero-order valence-electron chi connectivity index (χ0n) is 15.5. The Bertz CT molecular complexity index is 989. The second kappa shape index (κ2) is 6.08. The molecule has 29 heavy (non-hydrogen) atoms. The van der Waals surface area contributed by atoms with Gasteiger partial charge in [0.05, 0.1) is 13.2 Å². The maximum atomic E-state index is 13.2. The number of benzene rings is 1. The van der Waals surface area contributed by atoms with E-state index in [1.165, 1.54) is 6.92 Å². The van der Waals surface area contributed by atoms with Crippen molar-refractivity contribution in [3.8, 4) is 0 Å².